The summed E-state index contributed by atoms with van der Waals surface area (Å²) >= 11 is 12.0. The van der Waals surface area contributed by atoms with E-state index >= 15 is 0 Å². The van der Waals surface area contributed by atoms with Gasteiger partial charge in [-0.3, -0.25) is 15.0 Å². The minimum atomic E-state index is 0.0185. The molecule has 0 amide bonds. The van der Waals surface area contributed by atoms with Crippen LogP contribution in [0.15, 0.2) is 226 Å². The second-order valence-corrected chi connectivity index (χ2v) is 20.2. The van der Waals surface area contributed by atoms with Gasteiger partial charge >= 0.3 is 0 Å². The molecule has 3 aromatic heterocycles. The van der Waals surface area contributed by atoms with Crippen molar-refractivity contribution in [1.29, 1.82) is 0 Å². The maximum Gasteiger partial charge on any atom is 0.0705 e. The third-order valence-corrected chi connectivity index (χ3v) is 14.2. The Morgan fingerprint density at radius 2 is 0.627 bits per heavy atom. The fourth-order valence-corrected chi connectivity index (χ4v) is 10.6. The monoisotopic (exact) mass is 1060 g/mol. The Morgan fingerprint density at radius 1 is 0.284 bits per heavy atom. The average Bonchev–Trinajstić information content (AvgIpc) is 3.36. The smallest absolute Gasteiger partial charge is 0.0705 e. The Morgan fingerprint density at radius 3 is 0.970 bits per heavy atom. The van der Waals surface area contributed by atoms with Crippen LogP contribution in [-0.4, -0.2) is 15.0 Å². The van der Waals surface area contributed by atoms with E-state index in [1.54, 1.807) is 0 Å². The van der Waals surface area contributed by atoms with E-state index in [1.165, 1.54) is 5.56 Å². The van der Waals surface area contributed by atoms with Crippen LogP contribution in [-0.2, 0) is 5.41 Å². The first kappa shape index (κ1) is 44.3. The van der Waals surface area contributed by atoms with Gasteiger partial charge in [-0.25, -0.2) is 0 Å². The van der Waals surface area contributed by atoms with Crippen LogP contribution in [0.25, 0.3) is 101 Å². The average molecular weight is 1060 g/mol. The highest BCUT2D eigenvalue weighted by atomic mass is 79.9. The molecular weight excluding hydrogens is 1010 g/mol. The van der Waals surface area contributed by atoms with E-state index in [9.17, 15) is 0 Å². The SMILES string of the molecule is CC(C)(C)c1ccnc(-c2ccc(-c3ccccc3-c3cc(-c4ccccc4-c4ccc(-c5ccccn5)cc4Br)cc(-c4ccccc4-c4ccc(-c5ccccn5)cc4Br)c3)c(Br)c2)c1. The van der Waals surface area contributed by atoms with Gasteiger partial charge in [-0.05, 0) is 151 Å². The predicted octanol–water partition coefficient (Wildman–Crippen LogP) is 18.5. The highest BCUT2D eigenvalue weighted by Gasteiger charge is 2.20. The van der Waals surface area contributed by atoms with E-state index in [2.05, 4.69) is 236 Å². The molecule has 7 aromatic carbocycles. The maximum atomic E-state index is 4.78. The van der Waals surface area contributed by atoms with Crippen LogP contribution in [0.2, 0.25) is 0 Å². The summed E-state index contributed by atoms with van der Waals surface area (Å²) in [5.74, 6) is 0. The van der Waals surface area contributed by atoms with Gasteiger partial charge in [0.05, 0.1) is 17.1 Å². The summed E-state index contributed by atoms with van der Waals surface area (Å²) in [4.78, 5) is 14.0. The number of hydrogen-bond acceptors (Lipinski definition) is 3. The summed E-state index contributed by atoms with van der Waals surface area (Å²) < 4.78 is 3.01. The number of hydrogen-bond donors (Lipinski definition) is 0. The van der Waals surface area contributed by atoms with E-state index in [-0.39, 0.29) is 5.41 Å². The molecule has 0 saturated carbocycles. The summed E-state index contributed by atoms with van der Waals surface area (Å²) in [5.41, 5.74) is 20.7. The summed E-state index contributed by atoms with van der Waals surface area (Å²) in [6.07, 6.45) is 5.59. The van der Waals surface area contributed by atoms with Crippen LogP contribution in [0.4, 0.5) is 0 Å². The van der Waals surface area contributed by atoms with Crippen molar-refractivity contribution in [3.05, 3.63) is 232 Å². The molecule has 0 atom stereocenters. The van der Waals surface area contributed by atoms with Gasteiger partial charge in [0.25, 0.3) is 0 Å². The van der Waals surface area contributed by atoms with E-state index in [0.717, 1.165) is 114 Å². The fourth-order valence-electron chi connectivity index (χ4n) is 8.80. The van der Waals surface area contributed by atoms with Crippen molar-refractivity contribution in [1.82, 2.24) is 15.0 Å². The predicted molar refractivity (Wildman–Crippen MR) is 291 cm³/mol. The molecule has 10 rings (SSSR count). The second kappa shape index (κ2) is 19.0. The van der Waals surface area contributed by atoms with E-state index in [0.29, 0.717) is 0 Å². The van der Waals surface area contributed by atoms with Crippen LogP contribution in [0.3, 0.4) is 0 Å². The van der Waals surface area contributed by atoms with Crippen LogP contribution in [0.1, 0.15) is 26.3 Å². The van der Waals surface area contributed by atoms with E-state index < -0.39 is 0 Å². The van der Waals surface area contributed by atoms with Gasteiger partial charge in [0.2, 0.25) is 0 Å². The molecule has 10 aromatic rings. The number of aromatic nitrogens is 3. The standard InChI is InChI=1S/C61H44Br3N3/c1-61(2,3)45-28-31-67-60(38-45)41-24-27-54(57(64)37-41)51-19-9-6-16-48(51)44-33-42(46-14-4-7-17-49(46)52-25-22-39(35-55(52)62)58-20-10-12-29-65-58)32-43(34-44)47-15-5-8-18-50(47)53-26-23-40(36-56(53)63)59-21-11-13-30-66-59/h4-38H,1-3H3. The van der Waals surface area contributed by atoms with Gasteiger partial charge in [-0.1, -0.05) is 190 Å². The Kier molecular flexibility index (Phi) is 12.5. The van der Waals surface area contributed by atoms with Crippen LogP contribution in [0, 0.1) is 0 Å². The van der Waals surface area contributed by atoms with Gasteiger partial charge in [0, 0.05) is 48.7 Å². The summed E-state index contributed by atoms with van der Waals surface area (Å²) in [7, 11) is 0. The third kappa shape index (κ3) is 9.27. The molecule has 3 nitrogen and oxygen atoms in total. The van der Waals surface area contributed by atoms with Crippen molar-refractivity contribution in [2.24, 2.45) is 0 Å². The molecule has 0 unspecified atom stereocenters. The zero-order valence-corrected chi connectivity index (χ0v) is 41.9. The van der Waals surface area contributed by atoms with Gasteiger partial charge in [0.1, 0.15) is 0 Å². The van der Waals surface area contributed by atoms with Crippen LogP contribution in [0.5, 0.6) is 0 Å². The topological polar surface area (TPSA) is 38.7 Å². The fraction of sp³-hybridized carbons (Fsp3) is 0.0656. The highest BCUT2D eigenvalue weighted by molar-refractivity contribution is 9.11. The van der Waals surface area contributed by atoms with Crippen LogP contribution >= 0.6 is 47.8 Å². The normalized spacial score (nSPS) is 11.4. The van der Waals surface area contributed by atoms with Crippen molar-refractivity contribution in [2.75, 3.05) is 0 Å². The summed E-state index contributed by atoms with van der Waals surface area (Å²) in [5, 5.41) is 0. The minimum Gasteiger partial charge on any atom is -0.256 e. The second-order valence-electron chi connectivity index (χ2n) is 17.6. The van der Waals surface area contributed by atoms with E-state index in [1.807, 2.05) is 55.0 Å². The first-order valence-corrected chi connectivity index (χ1v) is 24.6. The van der Waals surface area contributed by atoms with Crippen molar-refractivity contribution >= 4 is 47.8 Å². The summed E-state index contributed by atoms with van der Waals surface area (Å²) in [6, 6.07) is 69.2. The zero-order chi connectivity index (χ0) is 46.1. The zero-order valence-electron chi connectivity index (χ0n) is 37.2. The molecule has 0 radical (unpaired) electrons. The molecule has 3 heterocycles. The van der Waals surface area contributed by atoms with E-state index in [4.69, 9.17) is 4.98 Å². The molecule has 0 spiro atoms. The molecule has 0 aliphatic heterocycles. The number of pyridine rings is 3. The van der Waals surface area contributed by atoms with Crippen molar-refractivity contribution < 1.29 is 0 Å². The Bertz CT molecular complexity index is 3280. The lowest BCUT2D eigenvalue weighted by atomic mass is 9.86. The number of rotatable bonds is 9. The molecule has 67 heavy (non-hydrogen) atoms. The molecule has 0 aliphatic rings. The summed E-state index contributed by atoms with van der Waals surface area (Å²) in [6.45, 7) is 6.71. The molecule has 0 saturated heterocycles. The first-order chi connectivity index (χ1) is 32.6. The van der Waals surface area contributed by atoms with Crippen LogP contribution < -0.4 is 0 Å². The van der Waals surface area contributed by atoms with Gasteiger partial charge in [0.15, 0.2) is 0 Å². The molecule has 324 valence electrons. The van der Waals surface area contributed by atoms with Gasteiger partial charge in [-0.2, -0.15) is 0 Å². The largest absolute Gasteiger partial charge is 0.256 e. The highest BCUT2D eigenvalue weighted by Crippen LogP contribution is 2.46. The maximum absolute atomic E-state index is 4.78. The Hall–Kier alpha value is -6.57. The molecule has 0 N–H and O–H groups in total. The van der Waals surface area contributed by atoms with Gasteiger partial charge < -0.3 is 0 Å². The number of halogens is 3. The molecular formula is C61H44Br3N3. The molecule has 0 aliphatic carbocycles. The minimum absolute atomic E-state index is 0.0185. The Balaban J connectivity index is 1.14. The van der Waals surface area contributed by atoms with Crippen molar-refractivity contribution in [2.45, 2.75) is 26.2 Å². The third-order valence-electron chi connectivity index (χ3n) is 12.3. The molecule has 0 fully saturated rings. The number of benzene rings is 7. The Labute approximate surface area is 418 Å². The lowest BCUT2D eigenvalue weighted by Gasteiger charge is -2.20. The lowest BCUT2D eigenvalue weighted by molar-refractivity contribution is 0.589. The number of nitrogens with zero attached hydrogens (tertiary/aromatic N) is 3. The quantitative estimate of drug-likeness (QED) is 0.145. The lowest BCUT2D eigenvalue weighted by Crippen LogP contribution is -2.11. The van der Waals surface area contributed by atoms with Gasteiger partial charge in [-0.15, -0.1) is 0 Å². The first-order valence-electron chi connectivity index (χ1n) is 22.2. The van der Waals surface area contributed by atoms with Crippen molar-refractivity contribution in [3.63, 3.8) is 0 Å². The van der Waals surface area contributed by atoms with Crippen molar-refractivity contribution in [3.8, 4) is 101 Å². The molecule has 6 heteroatoms. The molecule has 0 bridgehead atoms.